The number of hydrogen-bond acceptors (Lipinski definition) is 3. The standard InChI is InChI=1S/C12H15NO3/c1-13-7-6-9(12(14)15)8-4-3-5-10(16-2)11(8)13/h3-5,9H,6-7H2,1-2H3,(H,14,15). The third-order valence-corrected chi connectivity index (χ3v) is 3.06. The Morgan fingerprint density at radius 2 is 2.31 bits per heavy atom. The molecular formula is C12H15NO3. The van der Waals surface area contributed by atoms with Crippen LogP contribution in [0.2, 0.25) is 0 Å². The summed E-state index contributed by atoms with van der Waals surface area (Å²) in [7, 11) is 3.56. The van der Waals surface area contributed by atoms with E-state index in [2.05, 4.69) is 0 Å². The second kappa shape index (κ2) is 4.04. The molecule has 0 fully saturated rings. The van der Waals surface area contributed by atoms with Gasteiger partial charge in [-0.25, -0.2) is 0 Å². The van der Waals surface area contributed by atoms with Crippen molar-refractivity contribution in [3.8, 4) is 5.75 Å². The van der Waals surface area contributed by atoms with E-state index < -0.39 is 11.9 Å². The second-order valence-corrected chi connectivity index (χ2v) is 4.00. The summed E-state index contributed by atoms with van der Waals surface area (Å²) in [5.41, 5.74) is 1.75. The van der Waals surface area contributed by atoms with Crippen molar-refractivity contribution in [2.75, 3.05) is 25.6 Å². The van der Waals surface area contributed by atoms with Gasteiger partial charge < -0.3 is 14.7 Å². The predicted molar refractivity (Wildman–Crippen MR) is 61.3 cm³/mol. The molecule has 0 saturated heterocycles. The van der Waals surface area contributed by atoms with E-state index in [0.717, 1.165) is 23.5 Å². The van der Waals surface area contributed by atoms with Crippen LogP contribution in [0.4, 0.5) is 5.69 Å². The fourth-order valence-electron chi connectivity index (χ4n) is 2.24. The number of aliphatic carboxylic acids is 1. The number of benzene rings is 1. The molecule has 0 amide bonds. The van der Waals surface area contributed by atoms with Gasteiger partial charge in [-0.15, -0.1) is 0 Å². The third kappa shape index (κ3) is 1.60. The number of nitrogens with zero attached hydrogens (tertiary/aromatic N) is 1. The van der Waals surface area contributed by atoms with Crippen molar-refractivity contribution in [3.63, 3.8) is 0 Å². The van der Waals surface area contributed by atoms with Gasteiger partial charge >= 0.3 is 5.97 Å². The summed E-state index contributed by atoms with van der Waals surface area (Å²) < 4.78 is 5.28. The monoisotopic (exact) mass is 221 g/mol. The Labute approximate surface area is 94.4 Å². The number of carboxylic acid groups (broad SMARTS) is 1. The van der Waals surface area contributed by atoms with Gasteiger partial charge in [-0.1, -0.05) is 12.1 Å². The number of para-hydroxylation sites is 1. The zero-order valence-electron chi connectivity index (χ0n) is 9.43. The molecule has 1 N–H and O–H groups in total. The Hall–Kier alpha value is -1.71. The number of ether oxygens (including phenoxy) is 1. The van der Waals surface area contributed by atoms with Gasteiger partial charge in [-0.2, -0.15) is 0 Å². The molecule has 1 aliphatic rings. The molecule has 0 aliphatic carbocycles. The summed E-state index contributed by atoms with van der Waals surface area (Å²) in [5, 5.41) is 9.18. The van der Waals surface area contributed by atoms with E-state index in [1.54, 1.807) is 7.11 Å². The van der Waals surface area contributed by atoms with Crippen molar-refractivity contribution in [3.05, 3.63) is 23.8 Å². The van der Waals surface area contributed by atoms with E-state index in [1.807, 2.05) is 30.1 Å². The van der Waals surface area contributed by atoms with E-state index in [4.69, 9.17) is 4.74 Å². The van der Waals surface area contributed by atoms with Crippen LogP contribution in [0.5, 0.6) is 5.75 Å². The van der Waals surface area contributed by atoms with E-state index in [-0.39, 0.29) is 0 Å². The van der Waals surface area contributed by atoms with E-state index >= 15 is 0 Å². The van der Waals surface area contributed by atoms with E-state index in [0.29, 0.717) is 6.42 Å². The number of anilines is 1. The van der Waals surface area contributed by atoms with Crippen LogP contribution in [0.25, 0.3) is 0 Å². The SMILES string of the molecule is COc1cccc2c1N(C)CCC2C(=O)O. The number of methoxy groups -OCH3 is 1. The Balaban J connectivity index is 2.55. The van der Waals surface area contributed by atoms with Crippen LogP contribution < -0.4 is 9.64 Å². The number of hydrogen-bond donors (Lipinski definition) is 1. The van der Waals surface area contributed by atoms with Crippen LogP contribution in [-0.4, -0.2) is 31.8 Å². The Morgan fingerprint density at radius 1 is 1.56 bits per heavy atom. The lowest BCUT2D eigenvalue weighted by Crippen LogP contribution is -2.30. The maximum Gasteiger partial charge on any atom is 0.311 e. The summed E-state index contributed by atoms with van der Waals surface area (Å²) >= 11 is 0. The summed E-state index contributed by atoms with van der Waals surface area (Å²) in [6, 6.07) is 5.57. The Morgan fingerprint density at radius 3 is 2.94 bits per heavy atom. The van der Waals surface area contributed by atoms with Crippen molar-refractivity contribution in [1.82, 2.24) is 0 Å². The quantitative estimate of drug-likeness (QED) is 0.825. The first-order valence-electron chi connectivity index (χ1n) is 5.26. The van der Waals surface area contributed by atoms with E-state index in [1.165, 1.54) is 0 Å². The summed E-state index contributed by atoms with van der Waals surface area (Å²) in [6.45, 7) is 0.740. The molecule has 1 unspecified atom stereocenters. The molecule has 1 aromatic rings. The van der Waals surface area contributed by atoms with Gasteiger partial charge in [0.15, 0.2) is 0 Å². The van der Waals surface area contributed by atoms with Crippen molar-refractivity contribution >= 4 is 11.7 Å². The summed E-state index contributed by atoms with van der Waals surface area (Å²) in [6.07, 6.45) is 0.645. The lowest BCUT2D eigenvalue weighted by Gasteiger charge is -2.32. The number of rotatable bonds is 2. The minimum atomic E-state index is -0.761. The molecule has 86 valence electrons. The van der Waals surface area contributed by atoms with Crippen molar-refractivity contribution < 1.29 is 14.6 Å². The van der Waals surface area contributed by atoms with Gasteiger partial charge in [-0.05, 0) is 18.1 Å². The highest BCUT2D eigenvalue weighted by molar-refractivity contribution is 5.82. The number of carbonyl (C=O) groups is 1. The highest BCUT2D eigenvalue weighted by atomic mass is 16.5. The highest BCUT2D eigenvalue weighted by Crippen LogP contribution is 2.40. The summed E-state index contributed by atoms with van der Waals surface area (Å²) in [5.74, 6) is -0.435. The maximum absolute atomic E-state index is 11.2. The molecule has 4 nitrogen and oxygen atoms in total. The van der Waals surface area contributed by atoms with Gasteiger partial charge in [0.05, 0.1) is 18.7 Å². The molecular weight excluding hydrogens is 206 g/mol. The van der Waals surface area contributed by atoms with Crippen LogP contribution in [0.3, 0.4) is 0 Å². The average Bonchev–Trinajstić information content (AvgIpc) is 2.28. The molecule has 1 aliphatic heterocycles. The largest absolute Gasteiger partial charge is 0.495 e. The van der Waals surface area contributed by atoms with Crippen molar-refractivity contribution in [2.45, 2.75) is 12.3 Å². The first-order chi connectivity index (χ1) is 7.65. The zero-order chi connectivity index (χ0) is 11.7. The molecule has 2 rings (SSSR count). The topological polar surface area (TPSA) is 49.8 Å². The van der Waals surface area contributed by atoms with Crippen molar-refractivity contribution in [2.24, 2.45) is 0 Å². The normalized spacial score (nSPS) is 19.1. The fourth-order valence-corrected chi connectivity index (χ4v) is 2.24. The van der Waals surface area contributed by atoms with Gasteiger partial charge in [0, 0.05) is 13.6 Å². The molecule has 16 heavy (non-hydrogen) atoms. The van der Waals surface area contributed by atoms with Gasteiger partial charge in [0.2, 0.25) is 0 Å². The molecule has 4 heteroatoms. The molecule has 0 spiro atoms. The minimum absolute atomic E-state index is 0.415. The van der Waals surface area contributed by atoms with Gasteiger partial charge in [0.1, 0.15) is 5.75 Å². The first-order valence-corrected chi connectivity index (χ1v) is 5.26. The molecule has 1 atom stereocenters. The fraction of sp³-hybridized carbons (Fsp3) is 0.417. The lowest BCUT2D eigenvalue weighted by atomic mass is 9.90. The Bertz CT molecular complexity index is 417. The average molecular weight is 221 g/mol. The van der Waals surface area contributed by atoms with Crippen LogP contribution in [-0.2, 0) is 4.79 Å². The lowest BCUT2D eigenvalue weighted by molar-refractivity contribution is -0.139. The molecule has 1 aromatic carbocycles. The smallest absolute Gasteiger partial charge is 0.311 e. The zero-order valence-corrected chi connectivity index (χ0v) is 9.43. The molecule has 0 bridgehead atoms. The van der Waals surface area contributed by atoms with Crippen LogP contribution in [0.15, 0.2) is 18.2 Å². The van der Waals surface area contributed by atoms with Crippen LogP contribution in [0, 0.1) is 0 Å². The molecule has 0 aromatic heterocycles. The van der Waals surface area contributed by atoms with Gasteiger partial charge in [0.25, 0.3) is 0 Å². The van der Waals surface area contributed by atoms with Gasteiger partial charge in [-0.3, -0.25) is 4.79 Å². The molecule has 0 saturated carbocycles. The number of fused-ring (bicyclic) bond motifs is 1. The highest BCUT2D eigenvalue weighted by Gasteiger charge is 2.30. The first kappa shape index (κ1) is 10.8. The van der Waals surface area contributed by atoms with Crippen molar-refractivity contribution in [1.29, 1.82) is 0 Å². The minimum Gasteiger partial charge on any atom is -0.495 e. The van der Waals surface area contributed by atoms with Crippen LogP contribution >= 0.6 is 0 Å². The third-order valence-electron chi connectivity index (χ3n) is 3.06. The van der Waals surface area contributed by atoms with Crippen LogP contribution in [0.1, 0.15) is 17.9 Å². The predicted octanol–water partition coefficient (Wildman–Crippen LogP) is 1.70. The summed E-state index contributed by atoms with van der Waals surface area (Å²) in [4.78, 5) is 13.2. The maximum atomic E-state index is 11.2. The molecule has 1 heterocycles. The Kier molecular flexibility index (Phi) is 2.73. The molecule has 0 radical (unpaired) electrons. The second-order valence-electron chi connectivity index (χ2n) is 4.00. The number of carboxylic acids is 1. The van der Waals surface area contributed by atoms with E-state index in [9.17, 15) is 9.90 Å².